The number of rotatable bonds is 16. The van der Waals surface area contributed by atoms with Crippen LogP contribution in [0.5, 0.6) is 5.75 Å². The van der Waals surface area contributed by atoms with Gasteiger partial charge < -0.3 is 9.63 Å². The Morgan fingerprint density at radius 1 is 0.759 bits per heavy atom. The Morgan fingerprint density at radius 2 is 1.38 bits per heavy atom. The number of phosphoric acid groups is 1. The fourth-order valence-electron chi connectivity index (χ4n) is 3.26. The molecule has 29 heavy (non-hydrogen) atoms. The van der Waals surface area contributed by atoms with E-state index in [4.69, 9.17) is 13.8 Å². The van der Waals surface area contributed by atoms with Crippen molar-refractivity contribution in [2.75, 3.05) is 19.8 Å². The Kier molecular flexibility index (Phi) is 11.3. The molecular weight excluding hydrogens is 387 g/mol. The summed E-state index contributed by atoms with van der Waals surface area (Å²) in [5.41, 5.74) is 0. The number of phosphoric ester groups is 1. The van der Waals surface area contributed by atoms with Gasteiger partial charge in [0.2, 0.25) is 0 Å². The van der Waals surface area contributed by atoms with Gasteiger partial charge in [0.05, 0.1) is 13.2 Å². The molecule has 5 nitrogen and oxygen atoms in total. The first kappa shape index (κ1) is 23.9. The second-order valence-electron chi connectivity index (χ2n) is 7.29. The molecule has 0 heterocycles. The van der Waals surface area contributed by atoms with E-state index in [1.807, 2.05) is 42.5 Å². The van der Waals surface area contributed by atoms with Gasteiger partial charge in [-0.2, -0.15) is 0 Å². The van der Waals surface area contributed by atoms with Crippen LogP contribution in [0.4, 0.5) is 0 Å². The molecule has 2 aromatic rings. The maximum atomic E-state index is 11.9. The predicted molar refractivity (Wildman–Crippen MR) is 118 cm³/mol. The first-order valence-electron chi connectivity index (χ1n) is 10.8. The third-order valence-corrected chi connectivity index (χ3v) is 5.87. The average molecular weight is 423 g/mol. The molecule has 0 fully saturated rings. The van der Waals surface area contributed by atoms with E-state index in [-0.39, 0.29) is 19.8 Å². The first-order valence-corrected chi connectivity index (χ1v) is 12.3. The van der Waals surface area contributed by atoms with Crippen LogP contribution in [-0.4, -0.2) is 24.7 Å². The molecule has 0 saturated heterocycles. The highest BCUT2D eigenvalue weighted by atomic mass is 31.2. The zero-order valence-corrected chi connectivity index (χ0v) is 18.4. The van der Waals surface area contributed by atoms with Crippen molar-refractivity contribution in [3.8, 4) is 5.75 Å². The molecule has 1 atom stereocenters. The molecule has 0 saturated carbocycles. The summed E-state index contributed by atoms with van der Waals surface area (Å²) >= 11 is 0. The van der Waals surface area contributed by atoms with E-state index in [0.717, 1.165) is 35.8 Å². The summed E-state index contributed by atoms with van der Waals surface area (Å²) in [6.45, 7) is 2.64. The summed E-state index contributed by atoms with van der Waals surface area (Å²) in [5, 5.41) is 2.09. The molecule has 0 aliphatic carbocycles. The van der Waals surface area contributed by atoms with Crippen LogP contribution in [0, 0.1) is 0 Å². The first-order chi connectivity index (χ1) is 14.1. The van der Waals surface area contributed by atoms with Crippen molar-refractivity contribution in [1.29, 1.82) is 0 Å². The van der Waals surface area contributed by atoms with Gasteiger partial charge in [-0.15, -0.1) is 0 Å². The molecule has 0 radical (unpaired) electrons. The summed E-state index contributed by atoms with van der Waals surface area (Å²) in [5.74, 6) is 0.732. The number of benzene rings is 2. The van der Waals surface area contributed by atoms with E-state index < -0.39 is 7.82 Å². The van der Waals surface area contributed by atoms with E-state index in [0.29, 0.717) is 0 Å². The molecule has 0 aromatic heterocycles. The summed E-state index contributed by atoms with van der Waals surface area (Å²) in [4.78, 5) is 9.76. The zero-order valence-electron chi connectivity index (χ0n) is 17.6. The second kappa shape index (κ2) is 13.8. The van der Waals surface area contributed by atoms with Crippen LogP contribution in [0.1, 0.15) is 64.7 Å². The molecule has 2 rings (SSSR count). The standard InChI is InChI=1S/C23H35O5P/c1-2-3-4-5-6-7-8-9-12-18-27-29(24,25)28-20-19-26-23-17-13-15-21-14-10-11-16-22(21)23/h10-11,13-17H,2-9,12,18-20H2,1H3,(H,24,25). The Hall–Kier alpha value is -1.39. The molecule has 2 aromatic carbocycles. The van der Waals surface area contributed by atoms with Crippen LogP contribution in [0.25, 0.3) is 10.8 Å². The lowest BCUT2D eigenvalue weighted by molar-refractivity contribution is 0.128. The predicted octanol–water partition coefficient (Wildman–Crippen LogP) is 6.88. The maximum absolute atomic E-state index is 11.9. The van der Waals surface area contributed by atoms with Crippen LogP contribution in [-0.2, 0) is 13.6 Å². The number of fused-ring (bicyclic) bond motifs is 1. The highest BCUT2D eigenvalue weighted by molar-refractivity contribution is 7.47. The topological polar surface area (TPSA) is 65.0 Å². The van der Waals surface area contributed by atoms with Crippen LogP contribution in [0.3, 0.4) is 0 Å². The van der Waals surface area contributed by atoms with Crippen LogP contribution >= 0.6 is 7.82 Å². The molecule has 1 unspecified atom stereocenters. The van der Waals surface area contributed by atoms with Crippen molar-refractivity contribution in [3.63, 3.8) is 0 Å². The quantitative estimate of drug-likeness (QED) is 0.236. The van der Waals surface area contributed by atoms with E-state index in [9.17, 15) is 9.46 Å². The van der Waals surface area contributed by atoms with Gasteiger partial charge in [-0.1, -0.05) is 94.7 Å². The largest absolute Gasteiger partial charge is 0.491 e. The minimum Gasteiger partial charge on any atom is -0.491 e. The van der Waals surface area contributed by atoms with Gasteiger partial charge in [-0.25, -0.2) is 4.57 Å². The molecule has 0 spiro atoms. The summed E-state index contributed by atoms with van der Waals surface area (Å²) in [7, 11) is -4.02. The third-order valence-electron chi connectivity index (χ3n) is 4.85. The molecular formula is C23H35O5P. The van der Waals surface area contributed by atoms with E-state index in [1.165, 1.54) is 38.5 Å². The second-order valence-corrected chi connectivity index (χ2v) is 8.74. The minimum absolute atomic E-state index is 0.00520. The average Bonchev–Trinajstić information content (AvgIpc) is 2.72. The summed E-state index contributed by atoms with van der Waals surface area (Å²) < 4.78 is 27.7. The zero-order chi connectivity index (χ0) is 20.8. The fraction of sp³-hybridized carbons (Fsp3) is 0.565. The van der Waals surface area contributed by atoms with E-state index >= 15 is 0 Å². The Labute approximate surface area is 175 Å². The Bertz CT molecular complexity index is 744. The highest BCUT2D eigenvalue weighted by Gasteiger charge is 2.20. The fourth-order valence-corrected chi connectivity index (χ4v) is 4.00. The van der Waals surface area contributed by atoms with Crippen molar-refractivity contribution in [2.24, 2.45) is 0 Å². The maximum Gasteiger partial charge on any atom is 0.472 e. The minimum atomic E-state index is -4.02. The Morgan fingerprint density at radius 3 is 2.14 bits per heavy atom. The van der Waals surface area contributed by atoms with Gasteiger partial charge in [-0.05, 0) is 17.9 Å². The highest BCUT2D eigenvalue weighted by Crippen LogP contribution is 2.43. The van der Waals surface area contributed by atoms with E-state index in [2.05, 4.69) is 6.92 Å². The molecule has 0 bridgehead atoms. The molecule has 0 aliphatic rings. The van der Waals surface area contributed by atoms with Crippen molar-refractivity contribution < 1.29 is 23.2 Å². The van der Waals surface area contributed by atoms with Gasteiger partial charge in [0.25, 0.3) is 0 Å². The van der Waals surface area contributed by atoms with Crippen LogP contribution < -0.4 is 4.74 Å². The van der Waals surface area contributed by atoms with Gasteiger partial charge in [0, 0.05) is 5.39 Å². The number of unbranched alkanes of at least 4 members (excludes halogenated alkanes) is 8. The SMILES string of the molecule is CCCCCCCCCCCOP(=O)(O)OCCOc1cccc2ccccc12. The lowest BCUT2D eigenvalue weighted by Gasteiger charge is -2.13. The van der Waals surface area contributed by atoms with Crippen molar-refractivity contribution in [2.45, 2.75) is 64.7 Å². The lowest BCUT2D eigenvalue weighted by Crippen LogP contribution is -2.07. The molecule has 0 aliphatic heterocycles. The Balaban J connectivity index is 1.54. The molecule has 1 N–H and O–H groups in total. The normalized spacial score (nSPS) is 13.4. The van der Waals surface area contributed by atoms with Gasteiger partial charge in [-0.3, -0.25) is 9.05 Å². The van der Waals surface area contributed by atoms with Crippen LogP contribution in [0.2, 0.25) is 0 Å². The molecule has 0 amide bonds. The van der Waals surface area contributed by atoms with E-state index in [1.54, 1.807) is 0 Å². The molecule has 162 valence electrons. The number of ether oxygens (including phenoxy) is 1. The number of hydrogen-bond donors (Lipinski definition) is 1. The molecule has 6 heteroatoms. The number of hydrogen-bond acceptors (Lipinski definition) is 4. The monoisotopic (exact) mass is 422 g/mol. The summed E-state index contributed by atoms with van der Waals surface area (Å²) in [6.07, 6.45) is 10.7. The van der Waals surface area contributed by atoms with Crippen molar-refractivity contribution >= 4 is 18.6 Å². The van der Waals surface area contributed by atoms with Gasteiger partial charge >= 0.3 is 7.82 Å². The summed E-state index contributed by atoms with van der Waals surface area (Å²) in [6, 6.07) is 13.7. The van der Waals surface area contributed by atoms with Gasteiger partial charge in [0.15, 0.2) is 0 Å². The lowest BCUT2D eigenvalue weighted by atomic mass is 10.1. The van der Waals surface area contributed by atoms with Crippen molar-refractivity contribution in [3.05, 3.63) is 42.5 Å². The third kappa shape index (κ3) is 9.77. The van der Waals surface area contributed by atoms with Crippen LogP contribution in [0.15, 0.2) is 42.5 Å². The smallest absolute Gasteiger partial charge is 0.472 e. The van der Waals surface area contributed by atoms with Crippen molar-refractivity contribution in [1.82, 2.24) is 0 Å². The van der Waals surface area contributed by atoms with Gasteiger partial charge in [0.1, 0.15) is 12.4 Å².